The molecule has 6 heteroatoms. The van der Waals surface area contributed by atoms with Crippen molar-refractivity contribution < 1.29 is 14.7 Å². The molecular formula is C13H17ClN2O3. The molecule has 0 radical (unpaired) electrons. The molecule has 0 aliphatic carbocycles. The zero-order valence-corrected chi connectivity index (χ0v) is 11.4. The summed E-state index contributed by atoms with van der Waals surface area (Å²) in [5.74, 6) is -1.94. The number of amides is 1. The second-order valence-electron chi connectivity index (χ2n) is 4.14. The number of rotatable bonds is 6. The van der Waals surface area contributed by atoms with Crippen molar-refractivity contribution in [1.29, 1.82) is 0 Å². The third-order valence-corrected chi connectivity index (χ3v) is 3.24. The first-order valence-corrected chi connectivity index (χ1v) is 6.36. The van der Waals surface area contributed by atoms with Gasteiger partial charge < -0.3 is 16.2 Å². The Kier molecular flexibility index (Phi) is 5.79. The largest absolute Gasteiger partial charge is 0.479 e. The number of hydrogen-bond acceptors (Lipinski definition) is 3. The molecule has 0 heterocycles. The molecule has 1 rings (SSSR count). The van der Waals surface area contributed by atoms with Crippen LogP contribution in [0.2, 0.25) is 5.02 Å². The zero-order chi connectivity index (χ0) is 14.4. The molecule has 19 heavy (non-hydrogen) atoms. The molecule has 0 fully saturated rings. The van der Waals surface area contributed by atoms with Gasteiger partial charge in [0.25, 0.3) is 0 Å². The number of carboxylic acids is 1. The number of hydrogen-bond donors (Lipinski definition) is 3. The highest BCUT2D eigenvalue weighted by Crippen LogP contribution is 2.23. The maximum Gasteiger partial charge on any atom is 0.330 e. The summed E-state index contributed by atoms with van der Waals surface area (Å²) in [6.45, 7) is 2.00. The Morgan fingerprint density at radius 2 is 2.05 bits per heavy atom. The van der Waals surface area contributed by atoms with Crippen molar-refractivity contribution in [1.82, 2.24) is 5.32 Å². The summed E-state index contributed by atoms with van der Waals surface area (Å²) >= 11 is 5.95. The van der Waals surface area contributed by atoms with Crippen LogP contribution in [0.1, 0.15) is 24.9 Å². The second-order valence-corrected chi connectivity index (χ2v) is 4.55. The van der Waals surface area contributed by atoms with Gasteiger partial charge in [-0.3, -0.25) is 4.79 Å². The summed E-state index contributed by atoms with van der Waals surface area (Å²) in [7, 11) is 0. The van der Waals surface area contributed by atoms with Gasteiger partial charge in [-0.1, -0.05) is 36.7 Å². The number of benzene rings is 1. The van der Waals surface area contributed by atoms with E-state index in [1.54, 1.807) is 24.3 Å². The minimum Gasteiger partial charge on any atom is -0.479 e. The molecule has 0 bridgehead atoms. The van der Waals surface area contributed by atoms with Gasteiger partial charge in [-0.25, -0.2) is 4.79 Å². The van der Waals surface area contributed by atoms with Gasteiger partial charge in [0.1, 0.15) is 0 Å². The topological polar surface area (TPSA) is 92.4 Å². The van der Waals surface area contributed by atoms with Crippen molar-refractivity contribution in [3.8, 4) is 0 Å². The number of carboxylic acid groups (broad SMARTS) is 1. The first-order chi connectivity index (χ1) is 9.01. The van der Waals surface area contributed by atoms with Crippen LogP contribution in [0.5, 0.6) is 0 Å². The fraction of sp³-hybridized carbons (Fsp3) is 0.385. The van der Waals surface area contributed by atoms with Gasteiger partial charge in [-0.05, 0) is 12.5 Å². The molecule has 5 nitrogen and oxygen atoms in total. The van der Waals surface area contributed by atoms with Crippen molar-refractivity contribution in [2.24, 2.45) is 11.7 Å². The van der Waals surface area contributed by atoms with Crippen LogP contribution < -0.4 is 11.1 Å². The first-order valence-electron chi connectivity index (χ1n) is 5.98. The quantitative estimate of drug-likeness (QED) is 0.739. The molecule has 4 N–H and O–H groups in total. The van der Waals surface area contributed by atoms with Crippen molar-refractivity contribution in [2.75, 3.05) is 6.54 Å². The maximum atomic E-state index is 11.9. The van der Waals surface area contributed by atoms with E-state index in [4.69, 9.17) is 17.3 Å². The summed E-state index contributed by atoms with van der Waals surface area (Å²) in [4.78, 5) is 23.2. The fourth-order valence-corrected chi connectivity index (χ4v) is 1.95. The normalized spacial score (nSPS) is 13.6. The van der Waals surface area contributed by atoms with Crippen LogP contribution in [0.15, 0.2) is 24.3 Å². The Morgan fingerprint density at radius 1 is 1.42 bits per heavy atom. The fourth-order valence-electron chi connectivity index (χ4n) is 1.70. The van der Waals surface area contributed by atoms with Crippen LogP contribution in [0.25, 0.3) is 0 Å². The molecule has 0 saturated heterocycles. The molecule has 1 unspecified atom stereocenters. The predicted molar refractivity (Wildman–Crippen MR) is 72.8 cm³/mol. The van der Waals surface area contributed by atoms with Gasteiger partial charge in [0.15, 0.2) is 6.04 Å². The average Bonchev–Trinajstić information content (AvgIpc) is 2.38. The summed E-state index contributed by atoms with van der Waals surface area (Å²) in [5.41, 5.74) is 5.83. The van der Waals surface area contributed by atoms with Crippen LogP contribution in [0, 0.1) is 5.92 Å². The first kappa shape index (κ1) is 15.5. The molecule has 2 atom stereocenters. The summed E-state index contributed by atoms with van der Waals surface area (Å²) in [6.07, 6.45) is 0.553. The maximum absolute atomic E-state index is 11.9. The minimum absolute atomic E-state index is 0.178. The Bertz CT molecular complexity index is 461. The van der Waals surface area contributed by atoms with Crippen LogP contribution in [-0.4, -0.2) is 23.5 Å². The monoisotopic (exact) mass is 284 g/mol. The van der Waals surface area contributed by atoms with Gasteiger partial charge >= 0.3 is 5.97 Å². The van der Waals surface area contributed by atoms with Crippen molar-refractivity contribution in [3.63, 3.8) is 0 Å². The zero-order valence-electron chi connectivity index (χ0n) is 10.6. The van der Waals surface area contributed by atoms with Crippen molar-refractivity contribution in [2.45, 2.75) is 19.4 Å². The smallest absolute Gasteiger partial charge is 0.330 e. The average molecular weight is 285 g/mol. The van der Waals surface area contributed by atoms with Crippen LogP contribution in [0.3, 0.4) is 0 Å². The third-order valence-electron chi connectivity index (χ3n) is 2.90. The third kappa shape index (κ3) is 3.94. The standard InChI is InChI=1S/C13H17ClN2O3/c1-2-8(7-15)12(17)16-11(13(18)19)9-5-3-4-6-10(9)14/h3-6,8,11H,2,7,15H2,1H3,(H,16,17)(H,18,19)/t8?,11-/m1/s1. The Hall–Kier alpha value is -1.59. The number of nitrogens with two attached hydrogens (primary N) is 1. The van der Waals surface area contributed by atoms with Crippen LogP contribution >= 0.6 is 11.6 Å². The van der Waals surface area contributed by atoms with Crippen molar-refractivity contribution >= 4 is 23.5 Å². The van der Waals surface area contributed by atoms with Crippen molar-refractivity contribution in [3.05, 3.63) is 34.9 Å². The van der Waals surface area contributed by atoms with Gasteiger partial charge in [0, 0.05) is 23.0 Å². The van der Waals surface area contributed by atoms with Gasteiger partial charge in [0.2, 0.25) is 5.91 Å². The van der Waals surface area contributed by atoms with Crippen LogP contribution in [-0.2, 0) is 9.59 Å². The Balaban J connectivity index is 2.95. The molecule has 1 aromatic carbocycles. The van der Waals surface area contributed by atoms with E-state index in [0.29, 0.717) is 17.0 Å². The molecule has 1 aromatic rings. The molecule has 0 aliphatic heterocycles. The highest BCUT2D eigenvalue weighted by molar-refractivity contribution is 6.31. The van der Waals surface area contributed by atoms with E-state index < -0.39 is 17.9 Å². The van der Waals surface area contributed by atoms with E-state index in [1.807, 2.05) is 6.92 Å². The van der Waals surface area contributed by atoms with Gasteiger partial charge in [-0.2, -0.15) is 0 Å². The lowest BCUT2D eigenvalue weighted by molar-refractivity contribution is -0.142. The highest BCUT2D eigenvalue weighted by atomic mass is 35.5. The van der Waals surface area contributed by atoms with E-state index in [1.165, 1.54) is 0 Å². The SMILES string of the molecule is CCC(CN)C(=O)N[C@@H](C(=O)O)c1ccccc1Cl. The van der Waals surface area contributed by atoms with E-state index >= 15 is 0 Å². The molecule has 104 valence electrons. The van der Waals surface area contributed by atoms with Crippen LogP contribution in [0.4, 0.5) is 0 Å². The van der Waals surface area contributed by atoms with E-state index in [0.717, 1.165) is 0 Å². The molecule has 0 saturated carbocycles. The number of nitrogens with one attached hydrogen (secondary N) is 1. The minimum atomic E-state index is -1.17. The summed E-state index contributed by atoms with van der Waals surface area (Å²) < 4.78 is 0. The predicted octanol–water partition coefficient (Wildman–Crippen LogP) is 1.57. The molecule has 1 amide bonds. The summed E-state index contributed by atoms with van der Waals surface area (Å²) in [6, 6.07) is 5.36. The Morgan fingerprint density at radius 3 is 2.53 bits per heavy atom. The number of aliphatic carboxylic acids is 1. The molecule has 0 spiro atoms. The number of carbonyl (C=O) groups is 2. The lowest BCUT2D eigenvalue weighted by atomic mass is 10.0. The molecule has 0 aliphatic rings. The lowest BCUT2D eigenvalue weighted by Gasteiger charge is -2.19. The van der Waals surface area contributed by atoms with E-state index in [-0.39, 0.29) is 12.5 Å². The summed E-state index contributed by atoms with van der Waals surface area (Å²) in [5, 5.41) is 12.0. The highest BCUT2D eigenvalue weighted by Gasteiger charge is 2.26. The number of halogens is 1. The second kappa shape index (κ2) is 7.11. The number of carbonyl (C=O) groups excluding carboxylic acids is 1. The van der Waals surface area contributed by atoms with E-state index in [2.05, 4.69) is 5.32 Å². The Labute approximate surface area is 116 Å². The van der Waals surface area contributed by atoms with Gasteiger partial charge in [-0.15, -0.1) is 0 Å². The van der Waals surface area contributed by atoms with Gasteiger partial charge in [0.05, 0.1) is 0 Å². The molecular weight excluding hydrogens is 268 g/mol. The van der Waals surface area contributed by atoms with E-state index in [9.17, 15) is 14.7 Å². The lowest BCUT2D eigenvalue weighted by Crippen LogP contribution is -2.40. The molecule has 0 aromatic heterocycles.